The van der Waals surface area contributed by atoms with Gasteiger partial charge in [-0.25, -0.2) is 4.39 Å². The summed E-state index contributed by atoms with van der Waals surface area (Å²) >= 11 is 0. The lowest BCUT2D eigenvalue weighted by Gasteiger charge is -2.35. The molecule has 1 amide bonds. The second-order valence-corrected chi connectivity index (χ2v) is 10.1. The fourth-order valence-electron chi connectivity index (χ4n) is 5.61. The Morgan fingerprint density at radius 2 is 1.79 bits per heavy atom. The van der Waals surface area contributed by atoms with Crippen molar-refractivity contribution in [3.63, 3.8) is 0 Å². The molecule has 2 atom stereocenters. The fraction of sp³-hybridized carbons (Fsp3) is 0.290. The van der Waals surface area contributed by atoms with Crippen LogP contribution in [0.1, 0.15) is 68.5 Å². The first-order chi connectivity index (χ1) is 18.9. The number of ketones is 1. The van der Waals surface area contributed by atoms with Crippen LogP contribution in [0.3, 0.4) is 0 Å². The van der Waals surface area contributed by atoms with Crippen molar-refractivity contribution < 1.29 is 18.9 Å². The summed E-state index contributed by atoms with van der Waals surface area (Å²) in [4.78, 5) is 40.7. The van der Waals surface area contributed by atoms with Crippen LogP contribution in [0.15, 0.2) is 84.1 Å². The molecule has 3 aromatic rings. The van der Waals surface area contributed by atoms with E-state index in [0.717, 1.165) is 18.4 Å². The lowest BCUT2D eigenvalue weighted by Crippen LogP contribution is -2.38. The Morgan fingerprint density at radius 3 is 2.54 bits per heavy atom. The van der Waals surface area contributed by atoms with Crippen LogP contribution in [0.25, 0.3) is 0 Å². The van der Waals surface area contributed by atoms with E-state index >= 15 is 0 Å². The molecular formula is C31H30FN3O4. The van der Waals surface area contributed by atoms with Crippen LogP contribution in [0.2, 0.25) is 0 Å². The summed E-state index contributed by atoms with van der Waals surface area (Å²) in [6.45, 7) is 2.07. The van der Waals surface area contributed by atoms with Crippen molar-refractivity contribution in [3.8, 4) is 0 Å². The van der Waals surface area contributed by atoms with Crippen LogP contribution >= 0.6 is 0 Å². The highest BCUT2D eigenvalue weighted by atomic mass is 19.1. The predicted octanol–water partition coefficient (Wildman–Crippen LogP) is 7.21. The molecule has 0 fully saturated rings. The number of para-hydroxylation sites is 2. The number of non-ortho nitro benzene ring substituents is 1. The van der Waals surface area contributed by atoms with E-state index in [1.54, 1.807) is 29.2 Å². The van der Waals surface area contributed by atoms with Gasteiger partial charge in [0.2, 0.25) is 5.91 Å². The number of hydrogen-bond donors (Lipinski definition) is 1. The number of nitrogens with one attached hydrogen (secondary N) is 1. The maximum Gasteiger partial charge on any atom is 0.269 e. The first-order valence-electron chi connectivity index (χ1n) is 13.3. The minimum Gasteiger partial charge on any atom is -0.357 e. The van der Waals surface area contributed by atoms with E-state index < -0.39 is 11.0 Å². The molecule has 1 aliphatic carbocycles. The van der Waals surface area contributed by atoms with Crippen molar-refractivity contribution in [2.45, 2.75) is 57.4 Å². The highest BCUT2D eigenvalue weighted by Gasteiger charge is 2.41. The molecule has 0 spiro atoms. The molecule has 2 unspecified atom stereocenters. The van der Waals surface area contributed by atoms with Gasteiger partial charge in [-0.3, -0.25) is 24.6 Å². The first kappa shape index (κ1) is 26.3. The standard InChI is InChI=1S/C31H30FN3O4/c1-2-3-4-12-29(37)34-27-11-6-5-10-25(27)33-26-18-22(20-13-15-23(32)16-14-20)19-28(36)30(26)31(34)21-8-7-9-24(17-21)35(38)39/h5-11,13-17,22,31,33H,2-4,12,18-19H2,1H3. The molecule has 2 aliphatic rings. The van der Waals surface area contributed by atoms with E-state index in [-0.39, 0.29) is 35.5 Å². The number of rotatable bonds is 7. The van der Waals surface area contributed by atoms with E-state index in [4.69, 9.17) is 0 Å². The maximum atomic E-state index is 14.0. The Morgan fingerprint density at radius 1 is 1.03 bits per heavy atom. The molecule has 1 heterocycles. The number of unbranched alkanes of at least 4 members (excludes halogenated alkanes) is 2. The van der Waals surface area contributed by atoms with Crippen molar-refractivity contribution >= 4 is 28.8 Å². The fourth-order valence-corrected chi connectivity index (χ4v) is 5.61. The SMILES string of the molecule is CCCCCC(=O)N1c2ccccc2NC2=C(C(=O)CC(c3ccc(F)cc3)C2)C1c1cccc([N+](=O)[O-])c1. The van der Waals surface area contributed by atoms with Gasteiger partial charge >= 0.3 is 0 Å². The van der Waals surface area contributed by atoms with Crippen molar-refractivity contribution in [3.05, 3.63) is 111 Å². The minimum absolute atomic E-state index is 0.106. The monoisotopic (exact) mass is 527 g/mol. The second-order valence-electron chi connectivity index (χ2n) is 10.1. The first-order valence-corrected chi connectivity index (χ1v) is 13.3. The molecule has 1 aliphatic heterocycles. The third-order valence-corrected chi connectivity index (χ3v) is 7.49. The summed E-state index contributed by atoms with van der Waals surface area (Å²) in [5, 5.41) is 15.1. The van der Waals surface area contributed by atoms with Gasteiger partial charge < -0.3 is 5.32 Å². The van der Waals surface area contributed by atoms with E-state index in [2.05, 4.69) is 12.2 Å². The number of nitro benzene ring substituents is 1. The number of halogens is 1. The molecule has 39 heavy (non-hydrogen) atoms. The van der Waals surface area contributed by atoms with Crippen LogP contribution < -0.4 is 10.2 Å². The summed E-state index contributed by atoms with van der Waals surface area (Å²) in [7, 11) is 0. The topological polar surface area (TPSA) is 92.6 Å². The molecule has 8 heteroatoms. The van der Waals surface area contributed by atoms with Crippen LogP contribution in [0.4, 0.5) is 21.5 Å². The molecule has 0 saturated carbocycles. The van der Waals surface area contributed by atoms with Crippen molar-refractivity contribution in [1.29, 1.82) is 0 Å². The average Bonchev–Trinajstić information content (AvgIpc) is 3.08. The maximum absolute atomic E-state index is 14.0. The lowest BCUT2D eigenvalue weighted by molar-refractivity contribution is -0.384. The van der Waals surface area contributed by atoms with E-state index in [0.29, 0.717) is 47.5 Å². The number of carbonyl (C=O) groups is 2. The number of benzene rings is 3. The van der Waals surface area contributed by atoms with Crippen molar-refractivity contribution in [2.75, 3.05) is 10.2 Å². The summed E-state index contributed by atoms with van der Waals surface area (Å²) in [6.07, 6.45) is 3.51. The summed E-state index contributed by atoms with van der Waals surface area (Å²) in [6, 6.07) is 18.9. The van der Waals surface area contributed by atoms with Gasteiger partial charge in [-0.1, -0.05) is 56.2 Å². The molecule has 200 valence electrons. The third kappa shape index (κ3) is 5.32. The molecular weight excluding hydrogens is 497 g/mol. The van der Waals surface area contributed by atoms with Gasteiger partial charge in [-0.05, 0) is 54.2 Å². The largest absolute Gasteiger partial charge is 0.357 e. The molecule has 3 aromatic carbocycles. The zero-order chi connectivity index (χ0) is 27.5. The number of Topliss-reactive ketones (excluding diaryl/α,β-unsaturated/α-hetero) is 1. The Balaban J connectivity index is 1.68. The number of hydrogen-bond acceptors (Lipinski definition) is 5. The molecule has 0 aromatic heterocycles. The lowest BCUT2D eigenvalue weighted by atomic mass is 9.78. The Labute approximate surface area is 226 Å². The molecule has 1 N–H and O–H groups in total. The van der Waals surface area contributed by atoms with Gasteiger partial charge in [0.25, 0.3) is 5.69 Å². The number of nitrogens with zero attached hydrogens (tertiary/aromatic N) is 2. The predicted molar refractivity (Wildman–Crippen MR) is 148 cm³/mol. The van der Waals surface area contributed by atoms with Crippen LogP contribution in [0.5, 0.6) is 0 Å². The molecule has 0 radical (unpaired) electrons. The number of carbonyl (C=O) groups excluding carboxylic acids is 2. The van der Waals surface area contributed by atoms with E-state index in [1.807, 2.05) is 24.3 Å². The Bertz CT molecular complexity index is 1450. The zero-order valence-corrected chi connectivity index (χ0v) is 21.7. The summed E-state index contributed by atoms with van der Waals surface area (Å²) in [5.74, 6) is -0.801. The molecule has 7 nitrogen and oxygen atoms in total. The number of allylic oxidation sites excluding steroid dienone is 1. The normalized spacial score (nSPS) is 18.6. The van der Waals surface area contributed by atoms with Crippen LogP contribution in [-0.2, 0) is 9.59 Å². The van der Waals surface area contributed by atoms with Gasteiger partial charge in [0.15, 0.2) is 5.78 Å². The smallest absolute Gasteiger partial charge is 0.269 e. The number of amides is 1. The zero-order valence-electron chi connectivity index (χ0n) is 21.7. The number of anilines is 2. The van der Waals surface area contributed by atoms with E-state index in [1.165, 1.54) is 24.3 Å². The summed E-state index contributed by atoms with van der Waals surface area (Å²) < 4.78 is 13.6. The molecule has 5 rings (SSSR count). The van der Waals surface area contributed by atoms with Gasteiger partial charge in [0.05, 0.1) is 22.3 Å². The quantitative estimate of drug-likeness (QED) is 0.199. The third-order valence-electron chi connectivity index (χ3n) is 7.49. The van der Waals surface area contributed by atoms with Crippen molar-refractivity contribution in [2.24, 2.45) is 0 Å². The van der Waals surface area contributed by atoms with Crippen LogP contribution in [-0.4, -0.2) is 16.6 Å². The van der Waals surface area contributed by atoms with Gasteiger partial charge in [-0.2, -0.15) is 0 Å². The Hall–Kier alpha value is -4.33. The molecule has 0 bridgehead atoms. The molecule has 0 saturated heterocycles. The average molecular weight is 528 g/mol. The minimum atomic E-state index is -0.827. The van der Waals surface area contributed by atoms with Gasteiger partial charge in [0, 0.05) is 36.2 Å². The van der Waals surface area contributed by atoms with Crippen LogP contribution in [0, 0.1) is 15.9 Å². The van der Waals surface area contributed by atoms with E-state index in [9.17, 15) is 24.1 Å². The highest BCUT2D eigenvalue weighted by molar-refractivity contribution is 6.06. The highest BCUT2D eigenvalue weighted by Crippen LogP contribution is 2.48. The Kier molecular flexibility index (Phi) is 7.54. The van der Waals surface area contributed by atoms with Gasteiger partial charge in [-0.15, -0.1) is 0 Å². The second kappa shape index (κ2) is 11.2. The summed E-state index contributed by atoms with van der Waals surface area (Å²) in [5.41, 5.74) is 3.68. The van der Waals surface area contributed by atoms with Crippen molar-refractivity contribution in [1.82, 2.24) is 0 Å². The van der Waals surface area contributed by atoms with Gasteiger partial charge in [0.1, 0.15) is 5.82 Å². The number of fused-ring (bicyclic) bond motifs is 1. The number of nitro groups is 1.